The van der Waals surface area contributed by atoms with Crippen LogP contribution in [0.2, 0.25) is 0 Å². The quantitative estimate of drug-likeness (QED) is 0.338. The largest absolute Gasteiger partial charge is 0.434 e. The van der Waals surface area contributed by atoms with Gasteiger partial charge in [-0.05, 0) is 67.9 Å². The number of amides is 1. The van der Waals surface area contributed by atoms with E-state index >= 15 is 4.39 Å². The Hall–Kier alpha value is -1.21. The smallest absolute Gasteiger partial charge is 0.375 e. The molecule has 0 aliphatic rings. The van der Waals surface area contributed by atoms with Crippen LogP contribution in [0.1, 0.15) is 61.3 Å². The van der Waals surface area contributed by atoms with Crippen LogP contribution in [-0.4, -0.2) is 66.6 Å². The van der Waals surface area contributed by atoms with E-state index in [0.717, 1.165) is 0 Å². The van der Waals surface area contributed by atoms with Gasteiger partial charge in [-0.1, -0.05) is 0 Å². The molecule has 0 aliphatic carbocycles. The van der Waals surface area contributed by atoms with Gasteiger partial charge in [-0.25, -0.2) is 8.78 Å². The van der Waals surface area contributed by atoms with Crippen LogP contribution < -0.4 is 11.1 Å². The predicted octanol–water partition coefficient (Wildman–Crippen LogP) is 5.02. The van der Waals surface area contributed by atoms with Gasteiger partial charge in [0, 0.05) is 12.1 Å². The van der Waals surface area contributed by atoms with Crippen molar-refractivity contribution in [3.05, 3.63) is 0 Å². The van der Waals surface area contributed by atoms with E-state index in [0.29, 0.717) is 33.7 Å². The number of hydrogen-bond acceptors (Lipinski definition) is 4. The van der Waals surface area contributed by atoms with Gasteiger partial charge in [0.2, 0.25) is 0 Å². The van der Waals surface area contributed by atoms with E-state index in [1.165, 1.54) is 13.8 Å². The summed E-state index contributed by atoms with van der Waals surface area (Å²) in [6, 6.07) is 0. The number of nitrogens with two attached hydrogens (primary N) is 1. The number of carbonyl (C=O) groups excluding carboxylic acids is 1. The van der Waals surface area contributed by atoms with Crippen LogP contribution in [0.25, 0.3) is 0 Å². The lowest BCUT2D eigenvalue weighted by Gasteiger charge is -2.37. The molecular formula is C21H36F8N2O3. The van der Waals surface area contributed by atoms with E-state index in [4.69, 9.17) is 10.5 Å². The van der Waals surface area contributed by atoms with Crippen LogP contribution in [0.4, 0.5) is 35.1 Å². The summed E-state index contributed by atoms with van der Waals surface area (Å²) in [4.78, 5) is 12.4. The Labute approximate surface area is 195 Å². The Morgan fingerprint density at radius 2 is 1.41 bits per heavy atom. The first-order valence-electron chi connectivity index (χ1n) is 10.7. The molecule has 204 valence electrons. The van der Waals surface area contributed by atoms with E-state index in [1.807, 2.05) is 5.32 Å². The highest BCUT2D eigenvalue weighted by Gasteiger charge is 2.66. The summed E-state index contributed by atoms with van der Waals surface area (Å²) in [7, 11) is 0. The molecule has 3 N–H and O–H groups in total. The summed E-state index contributed by atoms with van der Waals surface area (Å²) in [5, 5.41) is 1.94. The molecule has 0 aromatic heterocycles. The third-order valence-corrected chi connectivity index (χ3v) is 5.46. The van der Waals surface area contributed by atoms with Gasteiger partial charge in [0.1, 0.15) is 17.7 Å². The van der Waals surface area contributed by atoms with Gasteiger partial charge in [-0.2, -0.15) is 26.3 Å². The van der Waals surface area contributed by atoms with Crippen LogP contribution in [-0.2, 0) is 14.3 Å². The van der Waals surface area contributed by atoms with Crippen molar-refractivity contribution < 1.29 is 49.4 Å². The van der Waals surface area contributed by atoms with Gasteiger partial charge in [-0.15, -0.1) is 0 Å². The summed E-state index contributed by atoms with van der Waals surface area (Å²) < 4.78 is 119. The zero-order valence-electron chi connectivity index (χ0n) is 20.5. The van der Waals surface area contributed by atoms with Gasteiger partial charge in [0.25, 0.3) is 5.91 Å². The summed E-state index contributed by atoms with van der Waals surface area (Å²) in [6.45, 7) is 6.46. The van der Waals surface area contributed by atoms with Crippen molar-refractivity contribution in [1.82, 2.24) is 5.32 Å². The zero-order valence-corrected chi connectivity index (χ0v) is 20.5. The number of rotatable bonds is 13. The Balaban J connectivity index is 5.53. The van der Waals surface area contributed by atoms with E-state index in [9.17, 15) is 35.5 Å². The fourth-order valence-corrected chi connectivity index (χ4v) is 3.04. The number of carbonyl (C=O) groups is 1. The zero-order chi connectivity index (χ0) is 27.4. The standard InChI is InChI=1S/C21H36F8N2O3/c1-13(33-12-14(18(6,7)22)20(24,25)26)19(23,21(27,28)29)15(32)31-16(2,3)9-11-34-17(4,5)8-10-30/h13-14H,8-12,30H2,1-7H3,(H,31,32). The number of alkyl halides is 8. The first-order chi connectivity index (χ1) is 14.9. The fourth-order valence-electron chi connectivity index (χ4n) is 3.04. The lowest BCUT2D eigenvalue weighted by molar-refractivity contribution is -0.267. The van der Waals surface area contributed by atoms with Crippen molar-refractivity contribution in [2.45, 2.75) is 102 Å². The Morgan fingerprint density at radius 3 is 1.79 bits per heavy atom. The Kier molecular flexibility index (Phi) is 10.8. The summed E-state index contributed by atoms with van der Waals surface area (Å²) >= 11 is 0. The average molecular weight is 517 g/mol. The van der Waals surface area contributed by atoms with Crippen molar-refractivity contribution >= 4 is 5.91 Å². The molecule has 0 aromatic rings. The summed E-state index contributed by atoms with van der Waals surface area (Å²) in [6.07, 6.45) is -13.2. The maximum absolute atomic E-state index is 15.2. The molecule has 1 amide bonds. The Bertz CT molecular complexity index is 646. The molecule has 0 spiro atoms. The van der Waals surface area contributed by atoms with Gasteiger partial charge >= 0.3 is 18.0 Å². The highest BCUT2D eigenvalue weighted by Crippen LogP contribution is 2.41. The maximum atomic E-state index is 15.2. The lowest BCUT2D eigenvalue weighted by atomic mass is 9.91. The highest BCUT2D eigenvalue weighted by molar-refractivity contribution is 5.87. The molecule has 0 saturated carbocycles. The molecule has 3 atom stereocenters. The molecular weight excluding hydrogens is 480 g/mol. The Morgan fingerprint density at radius 1 is 0.912 bits per heavy atom. The molecule has 13 heteroatoms. The second kappa shape index (κ2) is 11.2. The number of hydrogen-bond donors (Lipinski definition) is 2. The second-order valence-electron chi connectivity index (χ2n) is 10.1. The summed E-state index contributed by atoms with van der Waals surface area (Å²) in [5.41, 5.74) is -4.16. The van der Waals surface area contributed by atoms with Crippen molar-refractivity contribution in [3.8, 4) is 0 Å². The minimum absolute atomic E-state index is 0.00349. The molecule has 0 saturated heterocycles. The van der Waals surface area contributed by atoms with Gasteiger partial charge in [0.15, 0.2) is 0 Å². The third kappa shape index (κ3) is 9.44. The molecule has 0 aromatic carbocycles. The molecule has 0 bridgehead atoms. The van der Waals surface area contributed by atoms with Crippen molar-refractivity contribution in [2.24, 2.45) is 11.7 Å². The molecule has 0 heterocycles. The van der Waals surface area contributed by atoms with Gasteiger partial charge in [0.05, 0.1) is 12.2 Å². The van der Waals surface area contributed by atoms with Crippen LogP contribution >= 0.6 is 0 Å². The first kappa shape index (κ1) is 32.8. The van der Waals surface area contributed by atoms with Gasteiger partial charge in [-0.3, -0.25) is 4.79 Å². The molecule has 5 nitrogen and oxygen atoms in total. The molecule has 0 fully saturated rings. The third-order valence-electron chi connectivity index (χ3n) is 5.46. The average Bonchev–Trinajstić information content (AvgIpc) is 2.56. The molecule has 0 aliphatic heterocycles. The normalized spacial score (nSPS) is 17.8. The molecule has 3 unspecified atom stereocenters. The van der Waals surface area contributed by atoms with Crippen LogP contribution in [0.15, 0.2) is 0 Å². The van der Waals surface area contributed by atoms with E-state index in [2.05, 4.69) is 4.74 Å². The number of halogens is 8. The fraction of sp³-hybridized carbons (Fsp3) is 0.952. The minimum Gasteiger partial charge on any atom is -0.375 e. The first-order valence-corrected chi connectivity index (χ1v) is 10.7. The van der Waals surface area contributed by atoms with E-state index in [-0.39, 0.29) is 13.0 Å². The van der Waals surface area contributed by atoms with E-state index < -0.39 is 59.4 Å². The lowest BCUT2D eigenvalue weighted by Crippen LogP contribution is -2.64. The molecule has 34 heavy (non-hydrogen) atoms. The minimum atomic E-state index is -5.83. The maximum Gasteiger partial charge on any atom is 0.434 e. The SMILES string of the molecule is CC(OCC(C(C)(C)F)C(F)(F)F)C(F)(C(=O)NC(C)(C)CCOC(C)(C)CCN)C(F)(F)F. The highest BCUT2D eigenvalue weighted by atomic mass is 19.4. The van der Waals surface area contributed by atoms with Crippen LogP contribution in [0.3, 0.4) is 0 Å². The topological polar surface area (TPSA) is 73.6 Å². The predicted molar refractivity (Wildman–Crippen MR) is 111 cm³/mol. The van der Waals surface area contributed by atoms with Crippen molar-refractivity contribution in [3.63, 3.8) is 0 Å². The van der Waals surface area contributed by atoms with Crippen LogP contribution in [0, 0.1) is 5.92 Å². The monoisotopic (exact) mass is 516 g/mol. The van der Waals surface area contributed by atoms with Gasteiger partial charge < -0.3 is 20.5 Å². The number of ether oxygens (including phenoxy) is 2. The van der Waals surface area contributed by atoms with Crippen molar-refractivity contribution in [2.75, 3.05) is 19.8 Å². The van der Waals surface area contributed by atoms with Crippen molar-refractivity contribution in [1.29, 1.82) is 0 Å². The molecule has 0 rings (SSSR count). The number of nitrogens with one attached hydrogen (secondary N) is 1. The van der Waals surface area contributed by atoms with E-state index in [1.54, 1.807) is 13.8 Å². The second-order valence-corrected chi connectivity index (χ2v) is 10.1. The van der Waals surface area contributed by atoms with Crippen LogP contribution in [0.5, 0.6) is 0 Å². The molecule has 0 radical (unpaired) electrons. The summed E-state index contributed by atoms with van der Waals surface area (Å²) in [5.74, 6) is -4.98.